The molecule has 2 aromatic heterocycles. The van der Waals surface area contributed by atoms with E-state index in [0.29, 0.717) is 12.2 Å². The summed E-state index contributed by atoms with van der Waals surface area (Å²) in [6, 6.07) is 19.7. The van der Waals surface area contributed by atoms with Crippen molar-refractivity contribution in [1.82, 2.24) is 24.8 Å². The van der Waals surface area contributed by atoms with Crippen LogP contribution in [0.25, 0.3) is 5.69 Å². The molecule has 0 atom stereocenters. The average Bonchev–Trinajstić information content (AvgIpc) is 3.29. The number of hydrogen-bond donors (Lipinski definition) is 1. The molecule has 0 radical (unpaired) electrons. The minimum atomic E-state index is -0.307. The first kappa shape index (κ1) is 17.7. The number of nitrogens with one attached hydrogen (secondary N) is 1. The lowest BCUT2D eigenvalue weighted by molar-refractivity contribution is 0.102. The van der Waals surface area contributed by atoms with Crippen molar-refractivity contribution in [2.75, 3.05) is 5.32 Å². The molecule has 7 nitrogen and oxygen atoms in total. The third kappa shape index (κ3) is 3.55. The fourth-order valence-corrected chi connectivity index (χ4v) is 3.07. The number of aromatic nitrogens is 5. The summed E-state index contributed by atoms with van der Waals surface area (Å²) >= 11 is 0. The van der Waals surface area contributed by atoms with Gasteiger partial charge in [-0.25, -0.2) is 9.36 Å². The van der Waals surface area contributed by atoms with E-state index in [9.17, 15) is 4.79 Å². The van der Waals surface area contributed by atoms with Crippen molar-refractivity contribution in [3.63, 3.8) is 0 Å². The van der Waals surface area contributed by atoms with Gasteiger partial charge in [-0.15, -0.1) is 5.10 Å². The Morgan fingerprint density at radius 1 is 1.00 bits per heavy atom. The largest absolute Gasteiger partial charge is 0.317 e. The highest BCUT2D eigenvalue weighted by Crippen LogP contribution is 2.23. The zero-order valence-electron chi connectivity index (χ0n) is 15.7. The number of carbonyl (C=O) groups is 1. The topological polar surface area (TPSA) is 77.6 Å². The van der Waals surface area contributed by atoms with E-state index in [4.69, 9.17) is 0 Å². The normalized spacial score (nSPS) is 10.8. The summed E-state index contributed by atoms with van der Waals surface area (Å²) in [6.07, 6.45) is 1.65. The number of anilines is 1. The van der Waals surface area contributed by atoms with Crippen molar-refractivity contribution < 1.29 is 4.79 Å². The number of para-hydroxylation sites is 1. The van der Waals surface area contributed by atoms with E-state index in [-0.39, 0.29) is 11.6 Å². The number of aryl methyl sites for hydroxylation is 1. The Bertz CT molecular complexity index is 1100. The van der Waals surface area contributed by atoms with Crippen molar-refractivity contribution in [2.45, 2.75) is 20.4 Å². The molecule has 1 N–H and O–H groups in total. The van der Waals surface area contributed by atoms with Gasteiger partial charge in [0.15, 0.2) is 5.69 Å². The molecule has 4 aromatic rings. The van der Waals surface area contributed by atoms with Crippen LogP contribution in [0.1, 0.15) is 27.4 Å². The molecule has 28 heavy (non-hydrogen) atoms. The first-order chi connectivity index (χ1) is 13.6. The van der Waals surface area contributed by atoms with E-state index in [1.54, 1.807) is 10.9 Å². The van der Waals surface area contributed by atoms with Gasteiger partial charge in [0, 0.05) is 0 Å². The maximum absolute atomic E-state index is 12.7. The van der Waals surface area contributed by atoms with Gasteiger partial charge in [0.1, 0.15) is 0 Å². The molecule has 0 aliphatic heterocycles. The fraction of sp³-hybridized carbons (Fsp3) is 0.143. The number of benzene rings is 2. The summed E-state index contributed by atoms with van der Waals surface area (Å²) in [5, 5.41) is 15.5. The fourth-order valence-electron chi connectivity index (χ4n) is 3.07. The highest BCUT2D eigenvalue weighted by Gasteiger charge is 2.18. The average molecular weight is 372 g/mol. The molecule has 0 spiro atoms. The van der Waals surface area contributed by atoms with Crippen LogP contribution in [-0.2, 0) is 6.54 Å². The zero-order valence-corrected chi connectivity index (χ0v) is 15.7. The maximum Gasteiger partial charge on any atom is 0.277 e. The van der Waals surface area contributed by atoms with E-state index in [1.165, 1.54) is 0 Å². The van der Waals surface area contributed by atoms with Crippen molar-refractivity contribution >= 4 is 11.6 Å². The third-order valence-corrected chi connectivity index (χ3v) is 4.49. The maximum atomic E-state index is 12.7. The second kappa shape index (κ2) is 7.48. The monoisotopic (exact) mass is 372 g/mol. The Kier molecular flexibility index (Phi) is 4.72. The highest BCUT2D eigenvalue weighted by molar-refractivity contribution is 6.03. The van der Waals surface area contributed by atoms with Crippen LogP contribution in [0.4, 0.5) is 5.69 Å². The van der Waals surface area contributed by atoms with Crippen molar-refractivity contribution in [3.05, 3.63) is 89.5 Å². The smallest absolute Gasteiger partial charge is 0.277 e. The Labute approximate surface area is 162 Å². The summed E-state index contributed by atoms with van der Waals surface area (Å²) in [4.78, 5) is 12.7. The van der Waals surface area contributed by atoms with E-state index >= 15 is 0 Å². The van der Waals surface area contributed by atoms with Gasteiger partial charge in [-0.3, -0.25) is 4.79 Å². The zero-order chi connectivity index (χ0) is 19.5. The van der Waals surface area contributed by atoms with Gasteiger partial charge >= 0.3 is 0 Å². The van der Waals surface area contributed by atoms with E-state index in [0.717, 1.165) is 22.6 Å². The predicted octanol–water partition coefficient (Wildman–Crippen LogP) is 3.38. The quantitative estimate of drug-likeness (QED) is 0.583. The second-order valence-corrected chi connectivity index (χ2v) is 6.53. The first-order valence-corrected chi connectivity index (χ1v) is 8.99. The minimum Gasteiger partial charge on any atom is -0.317 e. The van der Waals surface area contributed by atoms with Crippen LogP contribution in [0, 0.1) is 13.8 Å². The van der Waals surface area contributed by atoms with Crippen LogP contribution in [0.5, 0.6) is 0 Å². The Morgan fingerprint density at radius 2 is 1.68 bits per heavy atom. The van der Waals surface area contributed by atoms with Crippen LogP contribution in [0.15, 0.2) is 66.9 Å². The molecule has 0 unspecified atom stereocenters. The lowest BCUT2D eigenvalue weighted by Gasteiger charge is -2.06. The number of rotatable bonds is 5. The molecule has 0 aliphatic carbocycles. The summed E-state index contributed by atoms with van der Waals surface area (Å²) in [5.41, 5.74) is 4.58. The molecule has 2 heterocycles. The number of hydrogen-bond acceptors (Lipinski definition) is 4. The van der Waals surface area contributed by atoms with Crippen LogP contribution in [0.3, 0.4) is 0 Å². The van der Waals surface area contributed by atoms with Crippen molar-refractivity contribution in [1.29, 1.82) is 0 Å². The summed E-state index contributed by atoms with van der Waals surface area (Å²) in [5.74, 6) is -0.307. The summed E-state index contributed by atoms with van der Waals surface area (Å²) in [7, 11) is 0. The molecule has 1 amide bonds. The number of nitrogens with zero attached hydrogens (tertiary/aromatic N) is 5. The van der Waals surface area contributed by atoms with Gasteiger partial charge in [-0.1, -0.05) is 53.7 Å². The molecule has 0 fully saturated rings. The van der Waals surface area contributed by atoms with Gasteiger partial charge in [-0.05, 0) is 31.5 Å². The molecular weight excluding hydrogens is 352 g/mol. The molecule has 0 saturated carbocycles. The van der Waals surface area contributed by atoms with Gasteiger partial charge < -0.3 is 5.32 Å². The van der Waals surface area contributed by atoms with Crippen molar-refractivity contribution in [3.8, 4) is 5.69 Å². The van der Waals surface area contributed by atoms with Crippen molar-refractivity contribution in [2.24, 2.45) is 0 Å². The molecule has 0 bridgehead atoms. The van der Waals surface area contributed by atoms with Gasteiger partial charge in [0.25, 0.3) is 5.91 Å². The number of amides is 1. The van der Waals surface area contributed by atoms with Gasteiger partial charge in [-0.2, -0.15) is 5.10 Å². The minimum absolute atomic E-state index is 0.266. The second-order valence-electron chi connectivity index (χ2n) is 6.53. The third-order valence-electron chi connectivity index (χ3n) is 4.49. The molecule has 0 saturated heterocycles. The van der Waals surface area contributed by atoms with Gasteiger partial charge in [0.05, 0.1) is 35.5 Å². The van der Waals surface area contributed by atoms with Crippen LogP contribution in [-0.4, -0.2) is 30.7 Å². The van der Waals surface area contributed by atoms with Crippen LogP contribution in [0.2, 0.25) is 0 Å². The molecular formula is C21H20N6O. The summed E-state index contributed by atoms with van der Waals surface area (Å²) in [6.45, 7) is 4.36. The Hall–Kier alpha value is -3.74. The number of carbonyl (C=O) groups excluding carboxylic acids is 1. The summed E-state index contributed by atoms with van der Waals surface area (Å²) < 4.78 is 3.47. The Balaban J connectivity index is 1.52. The highest BCUT2D eigenvalue weighted by atomic mass is 16.2. The SMILES string of the molecule is Cc1nn(-c2ccccc2)c(C)c1NC(=O)c1cn(Cc2ccccc2)nn1. The molecule has 0 aliphatic rings. The van der Waals surface area contributed by atoms with E-state index in [1.807, 2.05) is 79.2 Å². The predicted molar refractivity (Wildman–Crippen MR) is 107 cm³/mol. The molecule has 2 aromatic carbocycles. The van der Waals surface area contributed by atoms with Crippen LogP contribution < -0.4 is 5.32 Å². The lowest BCUT2D eigenvalue weighted by atomic mass is 10.2. The molecule has 4 rings (SSSR count). The lowest BCUT2D eigenvalue weighted by Crippen LogP contribution is -2.13. The van der Waals surface area contributed by atoms with E-state index < -0.39 is 0 Å². The molecule has 140 valence electrons. The Morgan fingerprint density at radius 3 is 2.39 bits per heavy atom. The standard InChI is InChI=1S/C21H20N6O/c1-15-20(16(2)27(24-15)18-11-7-4-8-12-18)22-21(28)19-14-26(25-23-19)13-17-9-5-3-6-10-17/h3-12,14H,13H2,1-2H3,(H,22,28). The van der Waals surface area contributed by atoms with Gasteiger partial charge in [0.2, 0.25) is 0 Å². The first-order valence-electron chi connectivity index (χ1n) is 8.99. The van der Waals surface area contributed by atoms with Crippen LogP contribution >= 0.6 is 0 Å². The van der Waals surface area contributed by atoms with E-state index in [2.05, 4.69) is 20.7 Å². The molecule has 7 heteroatoms.